The van der Waals surface area contributed by atoms with E-state index in [9.17, 15) is 4.79 Å². The van der Waals surface area contributed by atoms with Crippen molar-refractivity contribution in [1.29, 1.82) is 0 Å². The molecule has 1 aromatic heterocycles. The van der Waals surface area contributed by atoms with Crippen molar-refractivity contribution in [2.75, 3.05) is 13.2 Å². The average molecular weight is 294 g/mol. The normalized spacial score (nSPS) is 22.2. The van der Waals surface area contributed by atoms with Crippen molar-refractivity contribution in [3.8, 4) is 0 Å². The Balaban J connectivity index is 1.58. The third-order valence-corrected chi connectivity index (χ3v) is 3.99. The van der Waals surface area contributed by atoms with Gasteiger partial charge in [-0.05, 0) is 38.2 Å². The van der Waals surface area contributed by atoms with Crippen molar-refractivity contribution < 1.29 is 13.9 Å². The van der Waals surface area contributed by atoms with Gasteiger partial charge in [0.15, 0.2) is 0 Å². The first-order chi connectivity index (χ1) is 10.2. The van der Waals surface area contributed by atoms with Crippen LogP contribution in [0.5, 0.6) is 0 Å². The van der Waals surface area contributed by atoms with E-state index in [0.29, 0.717) is 30.9 Å². The van der Waals surface area contributed by atoms with Crippen molar-refractivity contribution in [2.24, 2.45) is 5.73 Å². The monoisotopic (exact) mass is 294 g/mol. The molecule has 0 atom stereocenters. The predicted molar refractivity (Wildman–Crippen MR) is 81.2 cm³/mol. The van der Waals surface area contributed by atoms with Crippen LogP contribution in [0.3, 0.4) is 0 Å². The Kier molecular flexibility index (Phi) is 6.26. The van der Waals surface area contributed by atoms with Gasteiger partial charge in [0.05, 0.1) is 17.9 Å². The third kappa shape index (κ3) is 4.86. The maximum absolute atomic E-state index is 12.0. The summed E-state index contributed by atoms with van der Waals surface area (Å²) < 4.78 is 11.1. The molecule has 3 N–H and O–H groups in total. The first kappa shape index (κ1) is 16.0. The molecule has 2 rings (SSSR count). The molecule has 0 radical (unpaired) electrons. The third-order valence-electron chi connectivity index (χ3n) is 3.99. The minimum Gasteiger partial charge on any atom is -0.469 e. The van der Waals surface area contributed by atoms with Crippen LogP contribution in [0.25, 0.3) is 0 Å². The molecule has 1 aromatic rings. The lowest BCUT2D eigenvalue weighted by Crippen LogP contribution is -2.31. The standard InChI is InChI=1S/C16H26N2O3/c1-2-15-14(8-11-21-15)16(19)18-9-3-10-20-13-6-4-12(17)5-7-13/h8,11-13H,2-7,9-10,17H2,1H3,(H,18,19). The summed E-state index contributed by atoms with van der Waals surface area (Å²) in [4.78, 5) is 12.0. The molecule has 0 bridgehead atoms. The van der Waals surface area contributed by atoms with Crippen LogP contribution in [0.15, 0.2) is 16.7 Å². The number of aryl methyl sites for hydroxylation is 1. The minimum absolute atomic E-state index is 0.0655. The summed E-state index contributed by atoms with van der Waals surface area (Å²) >= 11 is 0. The van der Waals surface area contributed by atoms with Gasteiger partial charge in [-0.2, -0.15) is 0 Å². The molecule has 0 aliphatic heterocycles. The van der Waals surface area contributed by atoms with Gasteiger partial charge in [-0.15, -0.1) is 0 Å². The molecule has 1 amide bonds. The molecule has 5 heteroatoms. The van der Waals surface area contributed by atoms with Crippen LogP contribution in [-0.4, -0.2) is 31.2 Å². The summed E-state index contributed by atoms with van der Waals surface area (Å²) in [6.07, 6.45) is 7.69. The molecular weight excluding hydrogens is 268 g/mol. The Hall–Kier alpha value is -1.33. The predicted octanol–water partition coefficient (Wildman–Crippen LogP) is 2.25. The summed E-state index contributed by atoms with van der Waals surface area (Å²) in [5.41, 5.74) is 6.50. The number of ether oxygens (including phenoxy) is 1. The van der Waals surface area contributed by atoms with Gasteiger partial charge in [0, 0.05) is 25.6 Å². The lowest BCUT2D eigenvalue weighted by molar-refractivity contribution is 0.0241. The molecule has 118 valence electrons. The van der Waals surface area contributed by atoms with Gasteiger partial charge < -0.3 is 20.2 Å². The minimum atomic E-state index is -0.0655. The van der Waals surface area contributed by atoms with Crippen molar-refractivity contribution in [3.63, 3.8) is 0 Å². The maximum atomic E-state index is 12.0. The van der Waals surface area contributed by atoms with E-state index >= 15 is 0 Å². The molecule has 5 nitrogen and oxygen atoms in total. The fourth-order valence-corrected chi connectivity index (χ4v) is 2.69. The van der Waals surface area contributed by atoms with E-state index in [2.05, 4.69) is 5.32 Å². The average Bonchev–Trinajstić information content (AvgIpc) is 2.97. The highest BCUT2D eigenvalue weighted by Gasteiger charge is 2.18. The SMILES string of the molecule is CCc1occc1C(=O)NCCCOC1CCC(N)CC1. The highest BCUT2D eigenvalue weighted by atomic mass is 16.5. The first-order valence-electron chi connectivity index (χ1n) is 7.92. The maximum Gasteiger partial charge on any atom is 0.254 e. The van der Waals surface area contributed by atoms with Gasteiger partial charge in [0.2, 0.25) is 0 Å². The molecule has 0 spiro atoms. The van der Waals surface area contributed by atoms with Gasteiger partial charge in [-0.3, -0.25) is 4.79 Å². The van der Waals surface area contributed by atoms with Crippen LogP contribution < -0.4 is 11.1 Å². The zero-order chi connectivity index (χ0) is 15.1. The van der Waals surface area contributed by atoms with E-state index in [0.717, 1.165) is 44.3 Å². The summed E-state index contributed by atoms with van der Waals surface area (Å²) in [6.45, 7) is 3.28. The largest absolute Gasteiger partial charge is 0.469 e. The van der Waals surface area contributed by atoms with E-state index in [1.165, 1.54) is 0 Å². The van der Waals surface area contributed by atoms with Gasteiger partial charge >= 0.3 is 0 Å². The second-order valence-electron chi connectivity index (χ2n) is 5.63. The summed E-state index contributed by atoms with van der Waals surface area (Å²) in [7, 11) is 0. The zero-order valence-electron chi connectivity index (χ0n) is 12.8. The zero-order valence-corrected chi connectivity index (χ0v) is 12.8. The van der Waals surface area contributed by atoms with Crippen molar-refractivity contribution in [2.45, 2.75) is 57.6 Å². The molecule has 1 heterocycles. The Labute approximate surface area is 126 Å². The number of nitrogens with one attached hydrogen (secondary N) is 1. The Morgan fingerprint density at radius 2 is 2.19 bits per heavy atom. The number of carbonyl (C=O) groups excluding carboxylic acids is 1. The van der Waals surface area contributed by atoms with E-state index in [-0.39, 0.29) is 5.91 Å². The molecular formula is C16H26N2O3. The first-order valence-corrected chi connectivity index (χ1v) is 7.92. The molecule has 21 heavy (non-hydrogen) atoms. The van der Waals surface area contributed by atoms with Crippen molar-refractivity contribution in [1.82, 2.24) is 5.32 Å². The highest BCUT2D eigenvalue weighted by molar-refractivity contribution is 5.95. The molecule has 1 fully saturated rings. The molecule has 0 aromatic carbocycles. The van der Waals surface area contributed by atoms with Crippen molar-refractivity contribution >= 4 is 5.91 Å². The summed E-state index contributed by atoms with van der Waals surface area (Å²) in [5, 5.41) is 2.91. The van der Waals surface area contributed by atoms with E-state index in [1.807, 2.05) is 6.92 Å². The second-order valence-corrected chi connectivity index (χ2v) is 5.63. The smallest absolute Gasteiger partial charge is 0.254 e. The number of amides is 1. The number of carbonyl (C=O) groups is 1. The van der Waals surface area contributed by atoms with Gasteiger partial charge in [-0.25, -0.2) is 0 Å². The van der Waals surface area contributed by atoms with Gasteiger partial charge in [0.25, 0.3) is 5.91 Å². The number of nitrogens with two attached hydrogens (primary N) is 1. The van der Waals surface area contributed by atoms with Gasteiger partial charge in [-0.1, -0.05) is 6.92 Å². The fourth-order valence-electron chi connectivity index (χ4n) is 2.69. The quantitative estimate of drug-likeness (QED) is 0.756. The highest BCUT2D eigenvalue weighted by Crippen LogP contribution is 2.19. The number of furan rings is 1. The van der Waals surface area contributed by atoms with Crippen LogP contribution in [-0.2, 0) is 11.2 Å². The number of hydrogen-bond donors (Lipinski definition) is 2. The van der Waals surface area contributed by atoms with Crippen LogP contribution in [0.4, 0.5) is 0 Å². The molecule has 1 aliphatic carbocycles. The van der Waals surface area contributed by atoms with Crippen LogP contribution in [0.1, 0.15) is 55.1 Å². The second kappa shape index (κ2) is 8.20. The topological polar surface area (TPSA) is 77.5 Å². The number of rotatable bonds is 7. The van der Waals surface area contributed by atoms with Gasteiger partial charge in [0.1, 0.15) is 5.76 Å². The summed E-state index contributed by atoms with van der Waals surface area (Å²) in [6, 6.07) is 2.07. The molecule has 0 saturated heterocycles. The van der Waals surface area contributed by atoms with E-state index in [1.54, 1.807) is 12.3 Å². The Morgan fingerprint density at radius 1 is 1.43 bits per heavy atom. The van der Waals surface area contributed by atoms with E-state index in [4.69, 9.17) is 14.9 Å². The Bertz CT molecular complexity index is 436. The summed E-state index contributed by atoms with van der Waals surface area (Å²) in [5.74, 6) is 0.673. The van der Waals surface area contributed by atoms with Crippen LogP contribution >= 0.6 is 0 Å². The van der Waals surface area contributed by atoms with E-state index < -0.39 is 0 Å². The van der Waals surface area contributed by atoms with Crippen LogP contribution in [0.2, 0.25) is 0 Å². The Morgan fingerprint density at radius 3 is 2.90 bits per heavy atom. The van der Waals surface area contributed by atoms with Crippen molar-refractivity contribution in [3.05, 3.63) is 23.7 Å². The molecule has 1 aliphatic rings. The molecule has 0 unspecified atom stereocenters. The lowest BCUT2D eigenvalue weighted by atomic mass is 9.94. The van der Waals surface area contributed by atoms with Crippen LogP contribution in [0, 0.1) is 0 Å². The fraction of sp³-hybridized carbons (Fsp3) is 0.688. The number of hydrogen-bond acceptors (Lipinski definition) is 4. The lowest BCUT2D eigenvalue weighted by Gasteiger charge is -2.26. The molecule has 1 saturated carbocycles.